The van der Waals surface area contributed by atoms with Crippen molar-refractivity contribution in [1.82, 2.24) is 0 Å². The van der Waals surface area contributed by atoms with Gasteiger partial charge < -0.3 is 10.1 Å². The summed E-state index contributed by atoms with van der Waals surface area (Å²) in [4.78, 5) is 11.1. The maximum atomic E-state index is 11.1. The number of fused-ring (bicyclic) bond motifs is 1. The first-order valence-corrected chi connectivity index (χ1v) is 3.94. The summed E-state index contributed by atoms with van der Waals surface area (Å²) in [7, 11) is 1.44. The van der Waals surface area contributed by atoms with E-state index in [1.807, 2.05) is 6.08 Å². The third kappa shape index (κ3) is 0.959. The first kappa shape index (κ1) is 6.85. The molecule has 2 atom stereocenters. The molecule has 3 nitrogen and oxygen atoms in total. The molecule has 60 valence electrons. The standard InChI is InChI=1S/C8H11NO2/c1-11-8(10)6-3-2-5-4-7(6)9-5/h3,5,7,9H,2,4H2,1H3/p+1/t5-,7?/m0/s1. The average Bonchev–Trinajstić information content (AvgIpc) is 2.02. The summed E-state index contributed by atoms with van der Waals surface area (Å²) < 4.78 is 4.66. The molecule has 1 aliphatic carbocycles. The van der Waals surface area contributed by atoms with E-state index in [0.29, 0.717) is 6.04 Å². The molecule has 1 fully saturated rings. The van der Waals surface area contributed by atoms with Crippen LogP contribution in [0.25, 0.3) is 0 Å². The van der Waals surface area contributed by atoms with Crippen molar-refractivity contribution in [2.75, 3.05) is 7.11 Å². The highest BCUT2D eigenvalue weighted by Gasteiger charge is 2.42. The van der Waals surface area contributed by atoms with Crippen molar-refractivity contribution in [1.29, 1.82) is 0 Å². The van der Waals surface area contributed by atoms with Crippen molar-refractivity contribution >= 4 is 5.97 Å². The lowest BCUT2D eigenvalue weighted by Crippen LogP contribution is -3.05. The molecule has 0 spiro atoms. The fourth-order valence-corrected chi connectivity index (χ4v) is 1.80. The number of ether oxygens (including phenoxy) is 1. The predicted molar refractivity (Wildman–Crippen MR) is 38.8 cm³/mol. The molecule has 0 aromatic heterocycles. The predicted octanol–water partition coefficient (Wildman–Crippen LogP) is -0.806. The number of methoxy groups -OCH3 is 1. The summed E-state index contributed by atoms with van der Waals surface area (Å²) in [6, 6.07) is 1.15. The molecule has 2 aliphatic heterocycles. The fraction of sp³-hybridized carbons (Fsp3) is 0.625. The molecule has 0 aromatic carbocycles. The quantitative estimate of drug-likeness (QED) is 0.502. The fourth-order valence-electron chi connectivity index (χ4n) is 1.80. The number of esters is 1. The van der Waals surface area contributed by atoms with Gasteiger partial charge in [-0.15, -0.1) is 0 Å². The van der Waals surface area contributed by atoms with Gasteiger partial charge in [-0.1, -0.05) is 6.08 Å². The van der Waals surface area contributed by atoms with Gasteiger partial charge in [0.2, 0.25) is 0 Å². The molecule has 2 heterocycles. The van der Waals surface area contributed by atoms with Crippen molar-refractivity contribution < 1.29 is 14.8 Å². The molecule has 0 radical (unpaired) electrons. The van der Waals surface area contributed by atoms with Crippen LogP contribution in [0.3, 0.4) is 0 Å². The zero-order valence-electron chi connectivity index (χ0n) is 6.54. The Morgan fingerprint density at radius 2 is 2.55 bits per heavy atom. The Morgan fingerprint density at radius 1 is 1.82 bits per heavy atom. The smallest absolute Gasteiger partial charge is 0.339 e. The number of hydrogen-bond donors (Lipinski definition) is 1. The molecule has 0 amide bonds. The highest BCUT2D eigenvalue weighted by Crippen LogP contribution is 2.21. The summed E-state index contributed by atoms with van der Waals surface area (Å²) in [5.74, 6) is -0.149. The summed E-state index contributed by atoms with van der Waals surface area (Å²) in [6.45, 7) is 0. The van der Waals surface area contributed by atoms with E-state index in [-0.39, 0.29) is 5.97 Å². The van der Waals surface area contributed by atoms with Gasteiger partial charge in [0, 0.05) is 6.42 Å². The van der Waals surface area contributed by atoms with Crippen LogP contribution in [0.5, 0.6) is 0 Å². The molecule has 3 aliphatic rings. The van der Waals surface area contributed by atoms with Gasteiger partial charge in [-0.2, -0.15) is 0 Å². The van der Waals surface area contributed by atoms with Crippen LogP contribution in [0, 0.1) is 0 Å². The van der Waals surface area contributed by atoms with Gasteiger partial charge in [0.05, 0.1) is 25.1 Å². The van der Waals surface area contributed by atoms with Crippen LogP contribution >= 0.6 is 0 Å². The van der Waals surface area contributed by atoms with Crippen LogP contribution in [-0.2, 0) is 9.53 Å². The zero-order valence-corrected chi connectivity index (χ0v) is 6.54. The minimum absolute atomic E-state index is 0.149. The molecule has 1 unspecified atom stereocenters. The second-order valence-corrected chi connectivity index (χ2v) is 3.18. The summed E-state index contributed by atoms with van der Waals surface area (Å²) in [5.41, 5.74) is 0.870. The number of carbonyl (C=O) groups is 1. The summed E-state index contributed by atoms with van der Waals surface area (Å²) in [6.07, 6.45) is 4.20. The maximum absolute atomic E-state index is 11.1. The molecule has 1 saturated heterocycles. The number of rotatable bonds is 1. The molecule has 2 bridgehead atoms. The van der Waals surface area contributed by atoms with Crippen molar-refractivity contribution in [3.63, 3.8) is 0 Å². The zero-order chi connectivity index (χ0) is 7.84. The molecule has 3 rings (SSSR count). The number of carbonyl (C=O) groups excluding carboxylic acids is 1. The normalized spacial score (nSPS) is 33.7. The highest BCUT2D eigenvalue weighted by molar-refractivity contribution is 5.89. The van der Waals surface area contributed by atoms with Gasteiger partial charge in [-0.05, 0) is 0 Å². The van der Waals surface area contributed by atoms with Gasteiger partial charge >= 0.3 is 5.97 Å². The van der Waals surface area contributed by atoms with E-state index in [0.717, 1.165) is 24.5 Å². The Balaban J connectivity index is 2.13. The number of nitrogens with two attached hydrogens (primary N) is 1. The minimum atomic E-state index is -0.149. The van der Waals surface area contributed by atoms with Crippen LogP contribution in [0.4, 0.5) is 0 Å². The van der Waals surface area contributed by atoms with Crippen molar-refractivity contribution in [2.24, 2.45) is 0 Å². The Morgan fingerprint density at radius 3 is 3.00 bits per heavy atom. The highest BCUT2D eigenvalue weighted by atomic mass is 16.5. The molecular formula is C8H12NO2+. The SMILES string of the molecule is COC(=O)C1=CC[C@H]2CC1[NH2+]2. The molecule has 0 aromatic rings. The van der Waals surface area contributed by atoms with Gasteiger partial charge in [-0.25, -0.2) is 4.79 Å². The topological polar surface area (TPSA) is 42.9 Å². The van der Waals surface area contributed by atoms with Crippen LogP contribution < -0.4 is 5.32 Å². The van der Waals surface area contributed by atoms with Crippen LogP contribution in [0.2, 0.25) is 0 Å². The Bertz CT molecular complexity index is 216. The second-order valence-electron chi connectivity index (χ2n) is 3.18. The van der Waals surface area contributed by atoms with E-state index >= 15 is 0 Å². The molecule has 3 heteroatoms. The maximum Gasteiger partial charge on any atom is 0.339 e. The van der Waals surface area contributed by atoms with Gasteiger partial charge in [0.1, 0.15) is 6.04 Å². The second kappa shape index (κ2) is 2.34. The minimum Gasteiger partial charge on any atom is -0.465 e. The van der Waals surface area contributed by atoms with E-state index < -0.39 is 0 Å². The van der Waals surface area contributed by atoms with Crippen molar-refractivity contribution in [2.45, 2.75) is 24.9 Å². The number of quaternary nitrogens is 1. The first-order valence-electron chi connectivity index (χ1n) is 3.94. The Hall–Kier alpha value is -0.830. The molecule has 2 N–H and O–H groups in total. The van der Waals surface area contributed by atoms with Crippen LogP contribution in [-0.4, -0.2) is 25.2 Å². The average molecular weight is 154 g/mol. The van der Waals surface area contributed by atoms with Crippen LogP contribution in [0.15, 0.2) is 11.6 Å². The van der Waals surface area contributed by atoms with Crippen molar-refractivity contribution in [3.8, 4) is 0 Å². The third-order valence-electron chi connectivity index (χ3n) is 2.52. The van der Waals surface area contributed by atoms with Gasteiger partial charge in [0.15, 0.2) is 0 Å². The van der Waals surface area contributed by atoms with E-state index in [1.54, 1.807) is 0 Å². The summed E-state index contributed by atoms with van der Waals surface area (Å²) >= 11 is 0. The van der Waals surface area contributed by atoms with Crippen molar-refractivity contribution in [3.05, 3.63) is 11.6 Å². The molecule has 0 saturated carbocycles. The van der Waals surface area contributed by atoms with E-state index in [9.17, 15) is 4.79 Å². The van der Waals surface area contributed by atoms with Crippen LogP contribution in [0.1, 0.15) is 12.8 Å². The molecule has 11 heavy (non-hydrogen) atoms. The lowest BCUT2D eigenvalue weighted by atomic mass is 9.82. The van der Waals surface area contributed by atoms with Gasteiger partial charge in [-0.3, -0.25) is 0 Å². The Kier molecular flexibility index (Phi) is 1.46. The third-order valence-corrected chi connectivity index (χ3v) is 2.52. The van der Waals surface area contributed by atoms with E-state index in [2.05, 4.69) is 10.1 Å². The first-order chi connectivity index (χ1) is 5.31. The molecular weight excluding hydrogens is 142 g/mol. The van der Waals surface area contributed by atoms with E-state index in [4.69, 9.17) is 0 Å². The Labute approximate surface area is 65.4 Å². The largest absolute Gasteiger partial charge is 0.465 e. The van der Waals surface area contributed by atoms with Gasteiger partial charge in [0.25, 0.3) is 0 Å². The lowest BCUT2D eigenvalue weighted by Gasteiger charge is -2.37. The monoisotopic (exact) mass is 154 g/mol. The number of hydrogen-bond acceptors (Lipinski definition) is 2. The lowest BCUT2D eigenvalue weighted by molar-refractivity contribution is -0.772. The summed E-state index contributed by atoms with van der Waals surface area (Å²) in [5, 5.41) is 2.24. The van der Waals surface area contributed by atoms with E-state index in [1.165, 1.54) is 7.11 Å².